The van der Waals surface area contributed by atoms with E-state index in [0.717, 1.165) is 43.4 Å². The molecule has 0 radical (unpaired) electrons. The van der Waals surface area contributed by atoms with E-state index < -0.39 is 17.8 Å². The highest BCUT2D eigenvalue weighted by Crippen LogP contribution is 2.39. The lowest BCUT2D eigenvalue weighted by Crippen LogP contribution is -2.54. The number of nitrogens with zero attached hydrogens (tertiary/aromatic N) is 1. The summed E-state index contributed by atoms with van der Waals surface area (Å²) in [5, 5.41) is 0. The fraction of sp³-hybridized carbons (Fsp3) is 0.588. The maximum atomic E-state index is 13.0. The normalized spacial score (nSPS) is 24.0. The maximum absolute atomic E-state index is 13.0. The molecular weight excluding hydrogens is 305 g/mol. The molecule has 2 atom stereocenters. The number of anilines is 1. The second-order valence-electron chi connectivity index (χ2n) is 6.65. The Labute approximate surface area is 133 Å². The Morgan fingerprint density at radius 1 is 1.26 bits per heavy atom. The lowest BCUT2D eigenvalue weighted by molar-refractivity contribution is -0.137. The molecule has 3 rings (SSSR count). The van der Waals surface area contributed by atoms with Gasteiger partial charge in [0.05, 0.1) is 11.6 Å². The predicted octanol–water partition coefficient (Wildman–Crippen LogP) is 3.50. The number of carbonyl (C=O) groups is 1. The molecule has 1 unspecified atom stereocenters. The van der Waals surface area contributed by atoms with Crippen molar-refractivity contribution < 1.29 is 18.0 Å². The largest absolute Gasteiger partial charge is 0.416 e. The van der Waals surface area contributed by atoms with Crippen molar-refractivity contribution in [3.63, 3.8) is 0 Å². The number of halogens is 3. The van der Waals surface area contributed by atoms with Gasteiger partial charge in [0.2, 0.25) is 5.91 Å². The summed E-state index contributed by atoms with van der Waals surface area (Å²) in [7, 11) is 0. The highest BCUT2D eigenvalue weighted by atomic mass is 19.4. The molecule has 6 heteroatoms. The molecule has 1 aromatic rings. The highest BCUT2D eigenvalue weighted by molar-refractivity contribution is 6.00. The van der Waals surface area contributed by atoms with Crippen LogP contribution in [0.3, 0.4) is 0 Å². The second-order valence-corrected chi connectivity index (χ2v) is 6.65. The summed E-state index contributed by atoms with van der Waals surface area (Å²) in [5.41, 5.74) is 6.31. The number of rotatable bonds is 2. The summed E-state index contributed by atoms with van der Waals surface area (Å²) in [5.74, 6) is 0.0582. The van der Waals surface area contributed by atoms with Gasteiger partial charge in [-0.2, -0.15) is 13.2 Å². The van der Waals surface area contributed by atoms with Crippen molar-refractivity contribution in [2.45, 2.75) is 57.3 Å². The van der Waals surface area contributed by atoms with Gasteiger partial charge in [0.15, 0.2) is 0 Å². The number of hydrogen-bond acceptors (Lipinski definition) is 2. The smallest absolute Gasteiger partial charge is 0.320 e. The molecule has 126 valence electrons. The van der Waals surface area contributed by atoms with Crippen LogP contribution in [0.15, 0.2) is 18.2 Å². The number of amides is 1. The molecule has 1 aliphatic heterocycles. The van der Waals surface area contributed by atoms with E-state index in [1.807, 2.05) is 6.92 Å². The molecule has 1 heterocycles. The van der Waals surface area contributed by atoms with Crippen LogP contribution in [0.25, 0.3) is 0 Å². The molecule has 1 aliphatic carbocycles. The van der Waals surface area contributed by atoms with E-state index in [4.69, 9.17) is 5.73 Å². The van der Waals surface area contributed by atoms with Crippen LogP contribution in [0.5, 0.6) is 0 Å². The van der Waals surface area contributed by atoms with Crippen LogP contribution in [0.4, 0.5) is 18.9 Å². The zero-order valence-electron chi connectivity index (χ0n) is 13.1. The average molecular weight is 326 g/mol. The number of hydrogen-bond donors (Lipinski definition) is 1. The van der Waals surface area contributed by atoms with Crippen LogP contribution in [-0.4, -0.2) is 18.0 Å². The van der Waals surface area contributed by atoms with Gasteiger partial charge in [0, 0.05) is 11.7 Å². The summed E-state index contributed by atoms with van der Waals surface area (Å²) in [6.45, 7) is 1.93. The first kappa shape index (κ1) is 16.3. The maximum Gasteiger partial charge on any atom is 0.416 e. The molecule has 3 nitrogen and oxygen atoms in total. The molecular formula is C17H21F3N2O. The zero-order chi connectivity index (χ0) is 16.8. The lowest BCUT2D eigenvalue weighted by Gasteiger charge is -2.39. The lowest BCUT2D eigenvalue weighted by atomic mass is 9.90. The average Bonchev–Trinajstić information content (AvgIpc) is 3.01. The number of alkyl halides is 3. The fourth-order valence-electron chi connectivity index (χ4n) is 3.83. The number of benzene rings is 1. The van der Waals surface area contributed by atoms with Gasteiger partial charge in [0.1, 0.15) is 0 Å². The van der Waals surface area contributed by atoms with Crippen LogP contribution in [0.2, 0.25) is 0 Å². The Bertz CT molecular complexity index is 608. The Balaban J connectivity index is 2.03. The quantitative estimate of drug-likeness (QED) is 0.904. The molecule has 1 fully saturated rings. The minimum Gasteiger partial charge on any atom is -0.320 e. The van der Waals surface area contributed by atoms with Crippen molar-refractivity contribution in [1.29, 1.82) is 0 Å². The molecule has 0 saturated heterocycles. The summed E-state index contributed by atoms with van der Waals surface area (Å²) in [6.07, 6.45) is 0.111. The Hall–Kier alpha value is -1.56. The van der Waals surface area contributed by atoms with Crippen LogP contribution >= 0.6 is 0 Å². The number of carbonyl (C=O) groups excluding carboxylic acids is 1. The zero-order valence-corrected chi connectivity index (χ0v) is 13.1. The fourth-order valence-corrected chi connectivity index (χ4v) is 3.83. The van der Waals surface area contributed by atoms with Gasteiger partial charge in [-0.15, -0.1) is 0 Å². The Kier molecular flexibility index (Phi) is 4.12. The van der Waals surface area contributed by atoms with Gasteiger partial charge in [-0.1, -0.05) is 18.9 Å². The minimum atomic E-state index is -4.42. The summed E-state index contributed by atoms with van der Waals surface area (Å²) < 4.78 is 39.1. The minimum absolute atomic E-state index is 0.126. The first-order chi connectivity index (χ1) is 10.8. The topological polar surface area (TPSA) is 46.3 Å². The standard InChI is InChI=1S/C17H21F3N2O/c1-10(11-4-2-3-5-11)22-15-9-13(17(18,19)20)7-6-12(15)8-14(21)16(22)23/h6-7,9-11,14H,2-5,8,21H2,1H3/t10?,14-/m1/s1. The predicted molar refractivity (Wildman–Crippen MR) is 82.0 cm³/mol. The SMILES string of the molecule is CC(C1CCCC1)N1C(=O)[C@H](N)Cc2ccc(C(F)(F)F)cc21. The molecule has 1 amide bonds. The van der Waals surface area contributed by atoms with Crippen molar-refractivity contribution in [2.75, 3.05) is 4.90 Å². The third-order valence-corrected chi connectivity index (χ3v) is 5.16. The van der Waals surface area contributed by atoms with Gasteiger partial charge >= 0.3 is 6.18 Å². The highest BCUT2D eigenvalue weighted by Gasteiger charge is 2.39. The van der Waals surface area contributed by atoms with Crippen LogP contribution in [0, 0.1) is 5.92 Å². The van der Waals surface area contributed by atoms with Crippen LogP contribution in [-0.2, 0) is 17.4 Å². The van der Waals surface area contributed by atoms with Crippen LogP contribution in [0.1, 0.15) is 43.7 Å². The van der Waals surface area contributed by atoms with E-state index in [9.17, 15) is 18.0 Å². The van der Waals surface area contributed by atoms with Crippen molar-refractivity contribution in [3.05, 3.63) is 29.3 Å². The van der Waals surface area contributed by atoms with E-state index in [1.165, 1.54) is 11.0 Å². The van der Waals surface area contributed by atoms with E-state index in [2.05, 4.69) is 0 Å². The van der Waals surface area contributed by atoms with Gasteiger partial charge in [-0.3, -0.25) is 4.79 Å². The van der Waals surface area contributed by atoms with Gasteiger partial charge in [-0.05, 0) is 49.8 Å². The van der Waals surface area contributed by atoms with Crippen LogP contribution < -0.4 is 10.6 Å². The number of fused-ring (bicyclic) bond motifs is 1. The molecule has 0 aromatic heterocycles. The van der Waals surface area contributed by atoms with Gasteiger partial charge < -0.3 is 10.6 Å². The van der Waals surface area contributed by atoms with E-state index in [0.29, 0.717) is 18.0 Å². The third-order valence-electron chi connectivity index (χ3n) is 5.16. The van der Waals surface area contributed by atoms with E-state index in [1.54, 1.807) is 0 Å². The number of nitrogens with two attached hydrogens (primary N) is 1. The van der Waals surface area contributed by atoms with Gasteiger partial charge in [0.25, 0.3) is 0 Å². The second kappa shape index (κ2) is 5.82. The Morgan fingerprint density at radius 3 is 2.52 bits per heavy atom. The first-order valence-corrected chi connectivity index (χ1v) is 8.08. The summed E-state index contributed by atoms with van der Waals surface area (Å²) in [4.78, 5) is 14.1. The Morgan fingerprint density at radius 2 is 1.91 bits per heavy atom. The molecule has 2 N–H and O–H groups in total. The molecule has 23 heavy (non-hydrogen) atoms. The molecule has 0 spiro atoms. The monoisotopic (exact) mass is 326 g/mol. The van der Waals surface area contributed by atoms with E-state index in [-0.39, 0.29) is 11.9 Å². The van der Waals surface area contributed by atoms with Crippen molar-refractivity contribution >= 4 is 11.6 Å². The molecule has 1 saturated carbocycles. The molecule has 0 bridgehead atoms. The van der Waals surface area contributed by atoms with Crippen molar-refractivity contribution in [3.8, 4) is 0 Å². The summed E-state index contributed by atoms with van der Waals surface area (Å²) >= 11 is 0. The summed E-state index contributed by atoms with van der Waals surface area (Å²) in [6, 6.07) is 2.82. The van der Waals surface area contributed by atoms with Crippen molar-refractivity contribution in [2.24, 2.45) is 11.7 Å². The van der Waals surface area contributed by atoms with E-state index >= 15 is 0 Å². The van der Waals surface area contributed by atoms with Gasteiger partial charge in [-0.25, -0.2) is 0 Å². The van der Waals surface area contributed by atoms with Crippen molar-refractivity contribution in [1.82, 2.24) is 0 Å². The first-order valence-electron chi connectivity index (χ1n) is 8.08. The third kappa shape index (κ3) is 2.96. The molecule has 1 aromatic carbocycles. The molecule has 2 aliphatic rings.